The van der Waals surface area contributed by atoms with E-state index in [0.717, 1.165) is 50.6 Å². The van der Waals surface area contributed by atoms with Crippen LogP contribution in [0.3, 0.4) is 0 Å². The second kappa shape index (κ2) is 6.29. The Morgan fingerprint density at radius 3 is 2.54 bits per heavy atom. The molecule has 5 rings (SSSR count). The molecule has 1 aromatic rings. The number of fused-ring (bicyclic) bond motifs is 1. The van der Waals surface area contributed by atoms with Gasteiger partial charge in [0.1, 0.15) is 0 Å². The Morgan fingerprint density at radius 1 is 1.19 bits per heavy atom. The third-order valence-electron chi connectivity index (χ3n) is 7.05. The van der Waals surface area contributed by atoms with E-state index in [9.17, 15) is 13.2 Å². The molecule has 1 aromatic carbocycles. The van der Waals surface area contributed by atoms with Crippen LogP contribution in [0.4, 0.5) is 18.9 Å². The summed E-state index contributed by atoms with van der Waals surface area (Å²) < 4.78 is 38.8. The number of nitrogens with zero attached hydrogens (tertiary/aromatic N) is 1. The molecular formula is C21H28F3N2+. The number of quaternary nitrogens is 1. The molecule has 26 heavy (non-hydrogen) atoms. The van der Waals surface area contributed by atoms with Gasteiger partial charge in [-0.05, 0) is 53.9 Å². The number of benzene rings is 1. The molecule has 1 N–H and O–H groups in total. The minimum absolute atomic E-state index is 0.462. The highest BCUT2D eigenvalue weighted by Crippen LogP contribution is 2.58. The van der Waals surface area contributed by atoms with Gasteiger partial charge < -0.3 is 9.80 Å². The lowest BCUT2D eigenvalue weighted by Crippen LogP contribution is -3.15. The first-order valence-corrected chi connectivity index (χ1v) is 9.70. The zero-order chi connectivity index (χ0) is 18.5. The maximum atomic E-state index is 12.9. The molecule has 0 amide bonds. The van der Waals surface area contributed by atoms with E-state index in [2.05, 4.69) is 24.8 Å². The van der Waals surface area contributed by atoms with Crippen molar-refractivity contribution in [3.05, 3.63) is 41.5 Å². The summed E-state index contributed by atoms with van der Waals surface area (Å²) in [5.74, 6) is 1.61. The first-order valence-electron chi connectivity index (χ1n) is 9.70. The molecule has 1 saturated heterocycles. The summed E-state index contributed by atoms with van der Waals surface area (Å²) in [7, 11) is 0. The van der Waals surface area contributed by atoms with Gasteiger partial charge >= 0.3 is 6.18 Å². The number of anilines is 1. The van der Waals surface area contributed by atoms with Crippen LogP contribution in [-0.4, -0.2) is 32.7 Å². The van der Waals surface area contributed by atoms with Gasteiger partial charge in [0.2, 0.25) is 0 Å². The zero-order valence-electron chi connectivity index (χ0n) is 15.6. The van der Waals surface area contributed by atoms with Crippen LogP contribution in [0.25, 0.3) is 0 Å². The number of nitrogens with one attached hydrogen (secondary N) is 1. The van der Waals surface area contributed by atoms with Crippen LogP contribution in [0.15, 0.2) is 35.9 Å². The van der Waals surface area contributed by atoms with E-state index in [0.29, 0.717) is 11.1 Å². The summed E-state index contributed by atoms with van der Waals surface area (Å²) >= 11 is 0. The van der Waals surface area contributed by atoms with E-state index >= 15 is 0 Å². The molecular weight excluding hydrogens is 337 g/mol. The second-order valence-corrected chi connectivity index (χ2v) is 8.78. The fourth-order valence-corrected chi connectivity index (χ4v) is 5.10. The standard InChI is InChI=1S/C21H27F3N2/c1-20(2)16-7-6-15(19(20)13-16)14-25-8-10-26(11-9-25)18-5-3-4-17(12-18)21(22,23)24/h3-6,12,16,19H,7-11,13-14H2,1-2H3/p+1/t16-,19-/m0/s1. The van der Waals surface area contributed by atoms with Gasteiger partial charge in [0.15, 0.2) is 0 Å². The predicted octanol–water partition coefficient (Wildman–Crippen LogP) is 3.40. The van der Waals surface area contributed by atoms with Crippen molar-refractivity contribution in [2.75, 3.05) is 37.6 Å². The monoisotopic (exact) mass is 365 g/mol. The smallest absolute Gasteiger partial charge is 0.360 e. The highest BCUT2D eigenvalue weighted by atomic mass is 19.4. The van der Waals surface area contributed by atoms with Gasteiger partial charge in [-0.25, -0.2) is 0 Å². The summed E-state index contributed by atoms with van der Waals surface area (Å²) in [5.41, 5.74) is 2.22. The second-order valence-electron chi connectivity index (χ2n) is 8.78. The molecule has 2 atom stereocenters. The van der Waals surface area contributed by atoms with Crippen molar-refractivity contribution < 1.29 is 18.1 Å². The molecule has 2 bridgehead atoms. The molecule has 4 aliphatic rings. The summed E-state index contributed by atoms with van der Waals surface area (Å²) in [6.45, 7) is 9.53. The van der Waals surface area contributed by atoms with Gasteiger partial charge in [-0.1, -0.05) is 26.0 Å². The van der Waals surface area contributed by atoms with Crippen LogP contribution in [-0.2, 0) is 6.18 Å². The van der Waals surface area contributed by atoms with Gasteiger partial charge in [-0.3, -0.25) is 0 Å². The van der Waals surface area contributed by atoms with Crippen LogP contribution in [0.5, 0.6) is 0 Å². The fraction of sp³-hybridized carbons (Fsp3) is 0.619. The maximum absolute atomic E-state index is 12.9. The Labute approximate surface area is 153 Å². The first-order chi connectivity index (χ1) is 12.2. The van der Waals surface area contributed by atoms with E-state index in [1.807, 2.05) is 0 Å². The Kier molecular flexibility index (Phi) is 4.33. The first kappa shape index (κ1) is 17.9. The van der Waals surface area contributed by atoms with Crippen molar-refractivity contribution >= 4 is 5.69 Å². The molecule has 0 unspecified atom stereocenters. The van der Waals surface area contributed by atoms with Gasteiger partial charge in [-0.2, -0.15) is 13.2 Å². The molecule has 2 fully saturated rings. The third kappa shape index (κ3) is 3.15. The van der Waals surface area contributed by atoms with Crippen molar-refractivity contribution in [1.82, 2.24) is 0 Å². The highest BCUT2D eigenvalue weighted by molar-refractivity contribution is 5.49. The third-order valence-corrected chi connectivity index (χ3v) is 7.05. The normalized spacial score (nSPS) is 28.5. The molecule has 1 aliphatic heterocycles. The van der Waals surface area contributed by atoms with Crippen molar-refractivity contribution in [2.24, 2.45) is 17.3 Å². The lowest BCUT2D eigenvalue weighted by Gasteiger charge is -2.56. The minimum Gasteiger partial charge on any atom is -0.360 e. The van der Waals surface area contributed by atoms with Crippen LogP contribution in [0.1, 0.15) is 32.3 Å². The molecule has 0 aromatic heterocycles. The van der Waals surface area contributed by atoms with Gasteiger partial charge in [0, 0.05) is 5.69 Å². The SMILES string of the molecule is CC1(C)[C@H]2CC=C(C[NH+]3CCN(c4cccc(C(F)(F)F)c4)CC3)[C@@H]1C2. The van der Waals surface area contributed by atoms with Gasteiger partial charge in [-0.15, -0.1) is 0 Å². The van der Waals surface area contributed by atoms with Crippen LogP contribution >= 0.6 is 0 Å². The van der Waals surface area contributed by atoms with Crippen molar-refractivity contribution in [3.8, 4) is 0 Å². The molecule has 0 radical (unpaired) electrons. The average Bonchev–Trinajstić information content (AvgIpc) is 2.62. The Bertz CT molecular complexity index is 699. The number of hydrogen-bond acceptors (Lipinski definition) is 1. The quantitative estimate of drug-likeness (QED) is 0.807. The summed E-state index contributed by atoms with van der Waals surface area (Å²) in [5, 5.41) is 0. The number of piperazine rings is 1. The fourth-order valence-electron chi connectivity index (χ4n) is 5.10. The number of allylic oxidation sites excluding steroid dienone is 1. The van der Waals surface area contributed by atoms with Crippen molar-refractivity contribution in [3.63, 3.8) is 0 Å². The lowest BCUT2D eigenvalue weighted by molar-refractivity contribution is -0.896. The van der Waals surface area contributed by atoms with E-state index in [4.69, 9.17) is 0 Å². The number of hydrogen-bond donors (Lipinski definition) is 1. The number of rotatable bonds is 3. The Balaban J connectivity index is 1.36. The molecule has 5 heteroatoms. The molecule has 3 aliphatic carbocycles. The van der Waals surface area contributed by atoms with E-state index in [1.165, 1.54) is 25.0 Å². The van der Waals surface area contributed by atoms with Crippen LogP contribution < -0.4 is 9.80 Å². The van der Waals surface area contributed by atoms with E-state index in [1.54, 1.807) is 16.5 Å². The minimum atomic E-state index is -4.27. The number of alkyl halides is 3. The Morgan fingerprint density at radius 2 is 1.92 bits per heavy atom. The van der Waals surface area contributed by atoms with Crippen LogP contribution in [0, 0.1) is 17.3 Å². The Hall–Kier alpha value is -1.49. The largest absolute Gasteiger partial charge is 0.416 e. The topological polar surface area (TPSA) is 7.68 Å². The molecule has 1 saturated carbocycles. The summed E-state index contributed by atoms with van der Waals surface area (Å²) in [6.07, 6.45) is 0.769. The molecule has 142 valence electrons. The highest BCUT2D eigenvalue weighted by Gasteiger charge is 2.51. The number of halogens is 3. The summed E-state index contributed by atoms with van der Waals surface area (Å²) in [4.78, 5) is 3.66. The van der Waals surface area contributed by atoms with E-state index in [-0.39, 0.29) is 0 Å². The van der Waals surface area contributed by atoms with Crippen LogP contribution in [0.2, 0.25) is 0 Å². The molecule has 0 spiro atoms. The zero-order valence-corrected chi connectivity index (χ0v) is 15.6. The van der Waals surface area contributed by atoms with Crippen molar-refractivity contribution in [1.29, 1.82) is 0 Å². The molecule has 1 heterocycles. The van der Waals surface area contributed by atoms with E-state index < -0.39 is 11.7 Å². The molecule has 2 nitrogen and oxygen atoms in total. The average molecular weight is 365 g/mol. The predicted molar refractivity (Wildman–Crippen MR) is 97.3 cm³/mol. The van der Waals surface area contributed by atoms with Gasteiger partial charge in [0.05, 0.1) is 38.3 Å². The lowest BCUT2D eigenvalue weighted by atomic mass is 9.49. The maximum Gasteiger partial charge on any atom is 0.416 e. The van der Waals surface area contributed by atoms with Gasteiger partial charge in [0.25, 0.3) is 0 Å². The van der Waals surface area contributed by atoms with Crippen molar-refractivity contribution in [2.45, 2.75) is 32.9 Å². The summed E-state index contributed by atoms with van der Waals surface area (Å²) in [6, 6.07) is 5.74.